The molecule has 1 aliphatic heterocycles. The minimum atomic E-state index is -1.43. The van der Waals surface area contributed by atoms with Gasteiger partial charge in [-0.15, -0.1) is 22.9 Å². The first-order valence-corrected chi connectivity index (χ1v) is 7.67. The SMILES string of the molecule is Nc1ncnc2c([C@@H]3O[C@@]4(CO)C(Cl)C4(O)[C@H]3N)csc12. The molecule has 9 heteroatoms. The average molecular weight is 329 g/mol. The molecule has 1 aliphatic carbocycles. The summed E-state index contributed by atoms with van der Waals surface area (Å²) in [6.45, 7) is -0.388. The van der Waals surface area contributed by atoms with E-state index in [1.807, 2.05) is 5.38 Å². The van der Waals surface area contributed by atoms with Crippen molar-refractivity contribution in [2.75, 3.05) is 12.3 Å². The molecular formula is C12H13ClN4O3S. The predicted molar refractivity (Wildman–Crippen MR) is 78.0 cm³/mol. The van der Waals surface area contributed by atoms with Gasteiger partial charge in [0, 0.05) is 5.56 Å². The number of hydrogen-bond donors (Lipinski definition) is 4. The van der Waals surface area contributed by atoms with Crippen LogP contribution in [0.4, 0.5) is 5.82 Å². The molecular weight excluding hydrogens is 316 g/mol. The second-order valence-electron chi connectivity index (χ2n) is 5.43. The van der Waals surface area contributed by atoms with E-state index in [0.717, 1.165) is 10.3 Å². The van der Waals surface area contributed by atoms with Crippen molar-refractivity contribution in [3.8, 4) is 0 Å². The van der Waals surface area contributed by atoms with Gasteiger partial charge in [0.1, 0.15) is 34.8 Å². The molecule has 2 aromatic rings. The Bertz CT molecular complexity index is 738. The summed E-state index contributed by atoms with van der Waals surface area (Å²) in [5.74, 6) is 0.388. The second-order valence-corrected chi connectivity index (χ2v) is 6.74. The van der Waals surface area contributed by atoms with Gasteiger partial charge in [0.05, 0.1) is 22.9 Å². The van der Waals surface area contributed by atoms with Crippen molar-refractivity contribution >= 4 is 39.0 Å². The molecule has 2 aromatic heterocycles. The summed E-state index contributed by atoms with van der Waals surface area (Å²) in [6.07, 6.45) is 0.774. The van der Waals surface area contributed by atoms with Gasteiger partial charge in [-0.25, -0.2) is 9.97 Å². The Kier molecular flexibility index (Phi) is 2.62. The van der Waals surface area contributed by atoms with Crippen LogP contribution < -0.4 is 11.5 Å². The number of nitrogen functional groups attached to an aromatic ring is 1. The number of nitrogens with two attached hydrogens (primary N) is 2. The van der Waals surface area contributed by atoms with Gasteiger partial charge in [0.2, 0.25) is 0 Å². The minimum Gasteiger partial charge on any atom is -0.393 e. The Balaban J connectivity index is 1.80. The maximum atomic E-state index is 10.6. The lowest BCUT2D eigenvalue weighted by molar-refractivity contribution is -0.0390. The summed E-state index contributed by atoms with van der Waals surface area (Å²) < 4.78 is 6.59. The number of nitrogens with zero attached hydrogens (tertiary/aromatic N) is 2. The number of anilines is 1. The number of fused-ring (bicyclic) bond motifs is 2. The molecule has 21 heavy (non-hydrogen) atoms. The Morgan fingerprint density at radius 1 is 1.48 bits per heavy atom. The first-order valence-electron chi connectivity index (χ1n) is 6.35. The summed E-state index contributed by atoms with van der Waals surface area (Å²) in [4.78, 5) is 8.16. The molecule has 0 amide bonds. The van der Waals surface area contributed by atoms with Crippen LogP contribution in [0.2, 0.25) is 0 Å². The van der Waals surface area contributed by atoms with Crippen LogP contribution >= 0.6 is 22.9 Å². The zero-order valence-corrected chi connectivity index (χ0v) is 12.3. The first kappa shape index (κ1) is 13.6. The lowest BCUT2D eigenvalue weighted by Gasteiger charge is -2.21. The molecule has 0 bridgehead atoms. The molecule has 0 spiro atoms. The number of halogens is 1. The van der Waals surface area contributed by atoms with E-state index in [9.17, 15) is 10.2 Å². The molecule has 2 fully saturated rings. The standard InChI is InChI=1S/C12H13ClN4O3S/c13-10-11(2-18)12(10,19)8(14)6(20-11)4-1-21-7-5(4)16-3-17-9(7)15/h1,3,6,8,10,18-19H,2,14H2,(H2,15,16,17)/t6-,8-,10?,11-,12?/m0/s1. The van der Waals surface area contributed by atoms with Crippen LogP contribution in [0.25, 0.3) is 10.2 Å². The monoisotopic (exact) mass is 328 g/mol. The lowest BCUT2D eigenvalue weighted by Crippen LogP contribution is -2.41. The van der Waals surface area contributed by atoms with E-state index in [4.69, 9.17) is 27.8 Å². The highest BCUT2D eigenvalue weighted by Crippen LogP contribution is 2.65. The fourth-order valence-corrected chi connectivity index (χ4v) is 4.70. The van der Waals surface area contributed by atoms with Crippen molar-refractivity contribution in [2.24, 2.45) is 5.73 Å². The van der Waals surface area contributed by atoms with E-state index in [1.54, 1.807) is 0 Å². The highest BCUT2D eigenvalue weighted by molar-refractivity contribution is 7.17. The zero-order valence-electron chi connectivity index (χ0n) is 10.7. The van der Waals surface area contributed by atoms with Crippen LogP contribution in [0.1, 0.15) is 11.7 Å². The van der Waals surface area contributed by atoms with Gasteiger partial charge in [-0.2, -0.15) is 0 Å². The average Bonchev–Trinajstić information content (AvgIpc) is 2.82. The Morgan fingerprint density at radius 3 is 2.90 bits per heavy atom. The van der Waals surface area contributed by atoms with Gasteiger partial charge in [-0.05, 0) is 5.38 Å². The summed E-state index contributed by atoms with van der Waals surface area (Å²) in [6, 6.07) is -0.749. The highest BCUT2D eigenvalue weighted by Gasteiger charge is 2.85. The number of aromatic nitrogens is 2. The van der Waals surface area contributed by atoms with Crippen molar-refractivity contribution in [3.05, 3.63) is 17.3 Å². The van der Waals surface area contributed by atoms with E-state index in [-0.39, 0.29) is 6.61 Å². The number of thiophene rings is 1. The Morgan fingerprint density at radius 2 is 2.24 bits per heavy atom. The van der Waals surface area contributed by atoms with Gasteiger partial charge in [0.25, 0.3) is 0 Å². The number of alkyl halides is 1. The molecule has 5 atom stereocenters. The molecule has 2 unspecified atom stereocenters. The van der Waals surface area contributed by atoms with Gasteiger partial charge >= 0.3 is 0 Å². The molecule has 112 valence electrons. The largest absolute Gasteiger partial charge is 0.393 e. The normalized spacial score (nSPS) is 41.4. The van der Waals surface area contributed by atoms with Crippen LogP contribution in [0, 0.1) is 0 Å². The predicted octanol–water partition coefficient (Wildman–Crippen LogP) is -0.245. The number of rotatable bonds is 2. The van der Waals surface area contributed by atoms with E-state index in [2.05, 4.69) is 9.97 Å². The summed E-state index contributed by atoms with van der Waals surface area (Å²) in [5.41, 5.74) is 10.7. The third-order valence-corrected chi connectivity index (χ3v) is 6.21. The molecule has 3 heterocycles. The number of hydrogen-bond acceptors (Lipinski definition) is 8. The maximum absolute atomic E-state index is 10.6. The van der Waals surface area contributed by atoms with Gasteiger partial charge in [-0.3, -0.25) is 0 Å². The Hall–Kier alpha value is -1.03. The van der Waals surface area contributed by atoms with Crippen LogP contribution in [-0.2, 0) is 4.74 Å². The van der Waals surface area contributed by atoms with Crippen molar-refractivity contribution in [2.45, 2.75) is 28.7 Å². The van der Waals surface area contributed by atoms with E-state index in [0.29, 0.717) is 11.3 Å². The lowest BCUT2D eigenvalue weighted by atomic mass is 9.99. The number of aliphatic hydroxyl groups is 2. The van der Waals surface area contributed by atoms with Crippen molar-refractivity contribution < 1.29 is 14.9 Å². The maximum Gasteiger partial charge on any atom is 0.144 e. The van der Waals surface area contributed by atoms with Crippen LogP contribution in [0.5, 0.6) is 0 Å². The van der Waals surface area contributed by atoms with Crippen molar-refractivity contribution in [1.29, 1.82) is 0 Å². The molecule has 1 saturated heterocycles. The van der Waals surface area contributed by atoms with Gasteiger partial charge in [0.15, 0.2) is 0 Å². The summed E-state index contributed by atoms with van der Waals surface area (Å²) >= 11 is 7.45. The minimum absolute atomic E-state index is 0.388. The molecule has 1 saturated carbocycles. The van der Waals surface area contributed by atoms with Crippen molar-refractivity contribution in [1.82, 2.24) is 9.97 Å². The van der Waals surface area contributed by atoms with Gasteiger partial charge < -0.3 is 26.4 Å². The molecule has 2 aliphatic rings. The van der Waals surface area contributed by atoms with E-state index < -0.39 is 28.7 Å². The zero-order chi connectivity index (χ0) is 15.0. The van der Waals surface area contributed by atoms with Crippen LogP contribution in [0.15, 0.2) is 11.7 Å². The quantitative estimate of drug-likeness (QED) is 0.560. The fourth-order valence-electron chi connectivity index (χ4n) is 3.19. The van der Waals surface area contributed by atoms with Gasteiger partial charge in [-0.1, -0.05) is 0 Å². The number of ether oxygens (including phenoxy) is 1. The molecule has 7 nitrogen and oxygen atoms in total. The van der Waals surface area contributed by atoms with E-state index in [1.165, 1.54) is 17.7 Å². The topological polar surface area (TPSA) is 128 Å². The van der Waals surface area contributed by atoms with Crippen LogP contribution in [-0.4, -0.2) is 49.4 Å². The molecule has 0 aromatic carbocycles. The third kappa shape index (κ3) is 1.38. The van der Waals surface area contributed by atoms with E-state index >= 15 is 0 Å². The Labute approximate surface area is 128 Å². The summed E-state index contributed by atoms with van der Waals surface area (Å²) in [5, 5.41) is 21.2. The number of aliphatic hydroxyl groups excluding tert-OH is 1. The smallest absolute Gasteiger partial charge is 0.144 e. The molecule has 6 N–H and O–H groups in total. The van der Waals surface area contributed by atoms with Crippen LogP contribution in [0.3, 0.4) is 0 Å². The first-order chi connectivity index (χ1) is 9.97. The summed E-state index contributed by atoms with van der Waals surface area (Å²) in [7, 11) is 0. The van der Waals surface area contributed by atoms with Crippen molar-refractivity contribution in [3.63, 3.8) is 0 Å². The second kappa shape index (κ2) is 4.03. The fraction of sp³-hybridized carbons (Fsp3) is 0.500. The third-order valence-electron chi connectivity index (χ3n) is 4.51. The molecule has 0 radical (unpaired) electrons. The highest BCUT2D eigenvalue weighted by atomic mass is 35.5. The molecule has 4 rings (SSSR count).